The minimum absolute atomic E-state index is 0.215. The minimum Gasteiger partial charge on any atom is -0.339 e. The van der Waals surface area contributed by atoms with E-state index in [4.69, 9.17) is 0 Å². The Morgan fingerprint density at radius 1 is 1.00 bits per heavy atom. The number of carbonyl (C=O) groups excluding carboxylic acids is 1. The second kappa shape index (κ2) is 9.03. The molecule has 0 atom stereocenters. The number of rotatable bonds is 4. The third kappa shape index (κ3) is 4.60. The Morgan fingerprint density at radius 2 is 1.81 bits per heavy atom. The predicted molar refractivity (Wildman–Crippen MR) is 116 cm³/mol. The first kappa shape index (κ1) is 20.6. The average molecular weight is 419 g/mol. The van der Waals surface area contributed by atoms with Crippen LogP contribution in [0.4, 0.5) is 5.95 Å². The van der Waals surface area contributed by atoms with Crippen molar-refractivity contribution in [1.29, 1.82) is 0 Å². The van der Waals surface area contributed by atoms with Crippen LogP contribution in [-0.4, -0.2) is 61.5 Å². The Hall–Kier alpha value is -3.62. The normalized spacial score (nSPS) is 14.4. The fraction of sp³-hybridized carbons (Fsp3) is 0.364. The molecular formula is C22H25N7O2. The van der Waals surface area contributed by atoms with E-state index in [2.05, 4.69) is 24.8 Å². The molecule has 31 heavy (non-hydrogen) atoms. The molecule has 1 aliphatic rings. The van der Waals surface area contributed by atoms with E-state index in [1.165, 1.54) is 4.57 Å². The van der Waals surface area contributed by atoms with E-state index in [1.807, 2.05) is 6.92 Å². The number of anilines is 1. The summed E-state index contributed by atoms with van der Waals surface area (Å²) in [6.07, 6.45) is 9.23. The molecule has 0 unspecified atom stereocenters. The first-order chi connectivity index (χ1) is 15.0. The van der Waals surface area contributed by atoms with E-state index in [0.29, 0.717) is 36.8 Å². The van der Waals surface area contributed by atoms with E-state index < -0.39 is 0 Å². The molecule has 0 aliphatic carbocycles. The molecule has 4 rings (SSSR count). The van der Waals surface area contributed by atoms with Gasteiger partial charge in [0.05, 0.1) is 24.1 Å². The van der Waals surface area contributed by atoms with Crippen molar-refractivity contribution < 1.29 is 4.79 Å². The molecule has 1 aliphatic heterocycles. The van der Waals surface area contributed by atoms with E-state index in [9.17, 15) is 9.59 Å². The third-order valence-corrected chi connectivity index (χ3v) is 5.37. The lowest BCUT2D eigenvalue weighted by atomic mass is 10.1. The molecule has 1 fully saturated rings. The van der Waals surface area contributed by atoms with Crippen LogP contribution in [0.5, 0.6) is 0 Å². The van der Waals surface area contributed by atoms with Gasteiger partial charge in [0.2, 0.25) is 5.95 Å². The van der Waals surface area contributed by atoms with Gasteiger partial charge in [-0.25, -0.2) is 9.97 Å². The van der Waals surface area contributed by atoms with Gasteiger partial charge in [-0.15, -0.1) is 0 Å². The van der Waals surface area contributed by atoms with Crippen molar-refractivity contribution in [3.05, 3.63) is 76.0 Å². The van der Waals surface area contributed by atoms with Crippen LogP contribution in [-0.2, 0) is 6.54 Å². The van der Waals surface area contributed by atoms with E-state index in [1.54, 1.807) is 54.9 Å². The molecular weight excluding hydrogens is 394 g/mol. The molecule has 1 amide bonds. The Kier molecular flexibility index (Phi) is 6.01. The highest BCUT2D eigenvalue weighted by atomic mass is 16.2. The van der Waals surface area contributed by atoms with E-state index in [-0.39, 0.29) is 23.6 Å². The maximum absolute atomic E-state index is 13.3. The SMILES string of the molecule is Cc1cnc(Cn2ccc(C)c(C(=O)N3CCCN(c4ncccn4)CC3)c2=O)cn1. The van der Waals surface area contributed by atoms with Crippen LogP contribution in [0.1, 0.15) is 33.7 Å². The quantitative estimate of drug-likeness (QED) is 0.631. The number of hydrogen-bond acceptors (Lipinski definition) is 7. The highest BCUT2D eigenvalue weighted by Crippen LogP contribution is 2.13. The maximum Gasteiger partial charge on any atom is 0.264 e. The van der Waals surface area contributed by atoms with Crippen molar-refractivity contribution in [3.63, 3.8) is 0 Å². The first-order valence-corrected chi connectivity index (χ1v) is 10.3. The van der Waals surface area contributed by atoms with Crippen LogP contribution in [0.25, 0.3) is 0 Å². The lowest BCUT2D eigenvalue weighted by Gasteiger charge is -2.22. The van der Waals surface area contributed by atoms with Gasteiger partial charge in [-0.1, -0.05) is 0 Å². The zero-order valence-corrected chi connectivity index (χ0v) is 17.7. The van der Waals surface area contributed by atoms with Crippen LogP contribution in [0.15, 0.2) is 47.9 Å². The Bertz CT molecular complexity index is 1110. The summed E-state index contributed by atoms with van der Waals surface area (Å²) in [7, 11) is 0. The molecule has 160 valence electrons. The molecule has 0 bridgehead atoms. The van der Waals surface area contributed by atoms with Gasteiger partial charge in [0.1, 0.15) is 5.56 Å². The highest BCUT2D eigenvalue weighted by Gasteiger charge is 2.25. The molecule has 0 saturated carbocycles. The number of amides is 1. The molecule has 9 heteroatoms. The van der Waals surface area contributed by atoms with Gasteiger partial charge in [0.15, 0.2) is 0 Å². The smallest absolute Gasteiger partial charge is 0.264 e. The number of pyridine rings is 1. The van der Waals surface area contributed by atoms with Gasteiger partial charge in [0.25, 0.3) is 11.5 Å². The summed E-state index contributed by atoms with van der Waals surface area (Å²) in [4.78, 5) is 47.4. The second-order valence-electron chi connectivity index (χ2n) is 7.64. The lowest BCUT2D eigenvalue weighted by molar-refractivity contribution is 0.0763. The topological polar surface area (TPSA) is 97.1 Å². The molecule has 4 heterocycles. The summed E-state index contributed by atoms with van der Waals surface area (Å²) in [6, 6.07) is 3.58. The monoisotopic (exact) mass is 419 g/mol. The van der Waals surface area contributed by atoms with Crippen LogP contribution < -0.4 is 10.5 Å². The Labute approximate surface area is 180 Å². The molecule has 0 N–H and O–H groups in total. The van der Waals surface area contributed by atoms with Crippen molar-refractivity contribution in [2.75, 3.05) is 31.1 Å². The largest absolute Gasteiger partial charge is 0.339 e. The first-order valence-electron chi connectivity index (χ1n) is 10.3. The summed E-state index contributed by atoms with van der Waals surface area (Å²) in [5, 5.41) is 0. The van der Waals surface area contributed by atoms with Crippen molar-refractivity contribution in [2.24, 2.45) is 0 Å². The van der Waals surface area contributed by atoms with Gasteiger partial charge < -0.3 is 14.4 Å². The summed E-state index contributed by atoms with van der Waals surface area (Å²) < 4.78 is 1.52. The summed E-state index contributed by atoms with van der Waals surface area (Å²) in [5.41, 5.74) is 2.07. The summed E-state index contributed by atoms with van der Waals surface area (Å²) in [5.74, 6) is 0.428. The molecule has 1 saturated heterocycles. The van der Waals surface area contributed by atoms with Gasteiger partial charge in [-0.05, 0) is 38.0 Å². The highest BCUT2D eigenvalue weighted by molar-refractivity contribution is 5.95. The lowest BCUT2D eigenvalue weighted by Crippen LogP contribution is -2.40. The van der Waals surface area contributed by atoms with Gasteiger partial charge >= 0.3 is 0 Å². The van der Waals surface area contributed by atoms with E-state index in [0.717, 1.165) is 18.7 Å². The Morgan fingerprint density at radius 3 is 2.55 bits per heavy atom. The molecule has 3 aromatic heterocycles. The minimum atomic E-state index is -0.306. The number of aryl methyl sites for hydroxylation is 2. The number of aromatic nitrogens is 5. The second-order valence-corrected chi connectivity index (χ2v) is 7.64. The van der Waals surface area contributed by atoms with Crippen LogP contribution in [0.2, 0.25) is 0 Å². The van der Waals surface area contributed by atoms with Gasteiger partial charge in [-0.2, -0.15) is 0 Å². The maximum atomic E-state index is 13.3. The predicted octanol–water partition coefficient (Wildman–Crippen LogP) is 1.45. The molecule has 3 aromatic rings. The number of hydrogen-bond donors (Lipinski definition) is 0. The standard InChI is InChI=1S/C22H25N7O2/c1-16-5-10-29(15-18-14-25-17(2)13-26-18)21(31)19(16)20(30)27-8-4-9-28(12-11-27)22-23-6-3-7-24-22/h3,5-7,10,13-14H,4,8-9,11-12,15H2,1-2H3. The fourth-order valence-corrected chi connectivity index (χ4v) is 3.66. The summed E-state index contributed by atoms with van der Waals surface area (Å²) in [6.45, 7) is 6.40. The van der Waals surface area contributed by atoms with Crippen LogP contribution >= 0.6 is 0 Å². The van der Waals surface area contributed by atoms with Crippen molar-refractivity contribution >= 4 is 11.9 Å². The van der Waals surface area contributed by atoms with Crippen molar-refractivity contribution in [1.82, 2.24) is 29.4 Å². The third-order valence-electron chi connectivity index (χ3n) is 5.37. The van der Waals surface area contributed by atoms with Crippen LogP contribution in [0, 0.1) is 13.8 Å². The Balaban J connectivity index is 1.54. The van der Waals surface area contributed by atoms with Crippen LogP contribution in [0.3, 0.4) is 0 Å². The molecule has 0 spiro atoms. The number of carbonyl (C=O) groups is 1. The van der Waals surface area contributed by atoms with Crippen molar-refractivity contribution in [3.8, 4) is 0 Å². The number of nitrogens with zero attached hydrogens (tertiary/aromatic N) is 7. The fourth-order valence-electron chi connectivity index (χ4n) is 3.66. The zero-order valence-electron chi connectivity index (χ0n) is 17.7. The van der Waals surface area contributed by atoms with Crippen molar-refractivity contribution in [2.45, 2.75) is 26.8 Å². The van der Waals surface area contributed by atoms with Gasteiger partial charge in [0, 0.05) is 51.0 Å². The van der Waals surface area contributed by atoms with Gasteiger partial charge in [-0.3, -0.25) is 19.6 Å². The van der Waals surface area contributed by atoms with E-state index >= 15 is 0 Å². The average Bonchev–Trinajstić information content (AvgIpc) is 3.04. The summed E-state index contributed by atoms with van der Waals surface area (Å²) >= 11 is 0. The molecule has 9 nitrogen and oxygen atoms in total. The molecule has 0 radical (unpaired) electrons. The zero-order chi connectivity index (χ0) is 21.8. The molecule has 0 aromatic carbocycles.